The number of nitrogens with one attached hydrogen (secondary N) is 2. The summed E-state index contributed by atoms with van der Waals surface area (Å²) in [5.74, 6) is -0.783. The quantitative estimate of drug-likeness (QED) is 0.666. The summed E-state index contributed by atoms with van der Waals surface area (Å²) in [4.78, 5) is 28.1. The third kappa shape index (κ3) is 5.75. The van der Waals surface area contributed by atoms with Crippen molar-refractivity contribution in [3.05, 3.63) is 58.9 Å². The van der Waals surface area contributed by atoms with E-state index in [-0.39, 0.29) is 34.4 Å². The van der Waals surface area contributed by atoms with Gasteiger partial charge in [-0.1, -0.05) is 11.6 Å². The highest BCUT2D eigenvalue weighted by molar-refractivity contribution is 7.89. The molecule has 0 saturated heterocycles. The second kappa shape index (κ2) is 9.63. The summed E-state index contributed by atoms with van der Waals surface area (Å²) >= 11 is 6.03. The minimum Gasteiger partial charge on any atom is -0.352 e. The van der Waals surface area contributed by atoms with Crippen molar-refractivity contribution in [3.63, 3.8) is 0 Å². The molecule has 0 spiro atoms. The SMILES string of the molecule is CN(C)S(=O)(=O)c1ccc(Cl)c(C(=O)NCCC(=O)NCc2ccncc2)c1. The first-order valence-electron chi connectivity index (χ1n) is 8.37. The molecular formula is C18H21ClN4O4S. The zero-order chi connectivity index (χ0) is 20.7. The van der Waals surface area contributed by atoms with Crippen LogP contribution in [0.25, 0.3) is 0 Å². The number of carbonyl (C=O) groups excluding carboxylic acids is 2. The number of aromatic nitrogens is 1. The van der Waals surface area contributed by atoms with Crippen molar-refractivity contribution in [2.45, 2.75) is 17.9 Å². The molecule has 1 aromatic heterocycles. The van der Waals surface area contributed by atoms with Crippen LogP contribution in [0, 0.1) is 0 Å². The summed E-state index contributed by atoms with van der Waals surface area (Å²) < 4.78 is 25.5. The maximum Gasteiger partial charge on any atom is 0.252 e. The highest BCUT2D eigenvalue weighted by Crippen LogP contribution is 2.22. The van der Waals surface area contributed by atoms with Gasteiger partial charge in [0.05, 0.1) is 15.5 Å². The van der Waals surface area contributed by atoms with Crippen molar-refractivity contribution >= 4 is 33.4 Å². The number of carbonyl (C=O) groups is 2. The van der Waals surface area contributed by atoms with Gasteiger partial charge in [0, 0.05) is 46.0 Å². The largest absolute Gasteiger partial charge is 0.352 e. The Kier molecular flexibility index (Phi) is 7.50. The number of halogens is 1. The molecule has 0 aliphatic heterocycles. The number of nitrogens with zero attached hydrogens (tertiary/aromatic N) is 2. The number of benzene rings is 1. The molecule has 0 fully saturated rings. The van der Waals surface area contributed by atoms with Gasteiger partial charge in [0.15, 0.2) is 0 Å². The van der Waals surface area contributed by atoms with Crippen molar-refractivity contribution in [2.24, 2.45) is 0 Å². The van der Waals surface area contributed by atoms with Crippen molar-refractivity contribution in [3.8, 4) is 0 Å². The molecule has 1 heterocycles. The molecule has 0 saturated carbocycles. The van der Waals surface area contributed by atoms with Gasteiger partial charge in [-0.05, 0) is 35.9 Å². The zero-order valence-corrected chi connectivity index (χ0v) is 17.0. The molecular weight excluding hydrogens is 404 g/mol. The number of rotatable bonds is 8. The Morgan fingerprint density at radius 2 is 1.79 bits per heavy atom. The highest BCUT2D eigenvalue weighted by Gasteiger charge is 2.20. The standard InChI is InChI=1S/C18H21ClN4O4S/c1-23(2)28(26,27)14-3-4-16(19)15(11-14)18(25)21-10-7-17(24)22-12-13-5-8-20-9-6-13/h3-6,8-9,11H,7,10,12H2,1-2H3,(H,21,25)(H,22,24). The summed E-state index contributed by atoms with van der Waals surface area (Å²) in [7, 11) is -0.897. The molecule has 2 N–H and O–H groups in total. The molecule has 150 valence electrons. The number of amides is 2. The predicted octanol–water partition coefficient (Wildman–Crippen LogP) is 1.42. The average Bonchev–Trinajstić information content (AvgIpc) is 2.67. The van der Waals surface area contributed by atoms with E-state index in [1.165, 1.54) is 32.3 Å². The Morgan fingerprint density at radius 3 is 2.43 bits per heavy atom. The van der Waals surface area contributed by atoms with Crippen LogP contribution in [-0.2, 0) is 21.4 Å². The average molecular weight is 425 g/mol. The van der Waals surface area contributed by atoms with E-state index in [4.69, 9.17) is 11.6 Å². The van der Waals surface area contributed by atoms with Crippen LogP contribution in [0.2, 0.25) is 5.02 Å². The van der Waals surface area contributed by atoms with Crippen LogP contribution in [0.1, 0.15) is 22.3 Å². The van der Waals surface area contributed by atoms with Gasteiger partial charge in [-0.25, -0.2) is 12.7 Å². The van der Waals surface area contributed by atoms with Crippen LogP contribution < -0.4 is 10.6 Å². The first-order chi connectivity index (χ1) is 13.2. The zero-order valence-electron chi connectivity index (χ0n) is 15.5. The lowest BCUT2D eigenvalue weighted by Gasteiger charge is -2.13. The second-order valence-electron chi connectivity index (χ2n) is 6.07. The van der Waals surface area contributed by atoms with Crippen LogP contribution in [0.4, 0.5) is 0 Å². The molecule has 0 bridgehead atoms. The van der Waals surface area contributed by atoms with E-state index in [2.05, 4.69) is 15.6 Å². The summed E-state index contributed by atoms with van der Waals surface area (Å²) in [6, 6.07) is 7.49. The van der Waals surface area contributed by atoms with E-state index in [0.717, 1.165) is 9.87 Å². The highest BCUT2D eigenvalue weighted by atomic mass is 35.5. The van der Waals surface area contributed by atoms with Gasteiger partial charge in [-0.3, -0.25) is 14.6 Å². The molecule has 8 nitrogen and oxygen atoms in total. The Labute approximate surface area is 169 Å². The van der Waals surface area contributed by atoms with E-state index >= 15 is 0 Å². The first-order valence-corrected chi connectivity index (χ1v) is 10.2. The molecule has 2 amide bonds. The molecule has 0 unspecified atom stereocenters. The third-order valence-corrected chi connectivity index (χ3v) is 5.98. The van der Waals surface area contributed by atoms with Crippen LogP contribution in [0.15, 0.2) is 47.6 Å². The van der Waals surface area contributed by atoms with Gasteiger partial charge >= 0.3 is 0 Å². The predicted molar refractivity (Wildman–Crippen MR) is 105 cm³/mol. The minimum atomic E-state index is -3.69. The van der Waals surface area contributed by atoms with Crippen LogP contribution >= 0.6 is 11.6 Å². The fourth-order valence-corrected chi connectivity index (χ4v) is 3.36. The van der Waals surface area contributed by atoms with Gasteiger partial charge < -0.3 is 10.6 Å². The lowest BCUT2D eigenvalue weighted by Crippen LogP contribution is -2.31. The molecule has 10 heteroatoms. The van der Waals surface area contributed by atoms with Gasteiger partial charge in [0.25, 0.3) is 5.91 Å². The molecule has 0 atom stereocenters. The summed E-state index contributed by atoms with van der Waals surface area (Å²) in [5.41, 5.74) is 0.944. The molecule has 28 heavy (non-hydrogen) atoms. The van der Waals surface area contributed by atoms with Gasteiger partial charge in [-0.15, -0.1) is 0 Å². The Hall–Kier alpha value is -2.49. The molecule has 0 aliphatic carbocycles. The first kappa shape index (κ1) is 21.8. The van der Waals surface area contributed by atoms with Crippen molar-refractivity contribution in [2.75, 3.05) is 20.6 Å². The molecule has 0 aliphatic rings. The van der Waals surface area contributed by atoms with E-state index < -0.39 is 15.9 Å². The maximum absolute atomic E-state index is 12.3. The van der Waals surface area contributed by atoms with Crippen molar-refractivity contribution in [1.29, 1.82) is 0 Å². The van der Waals surface area contributed by atoms with Crippen LogP contribution in [0.5, 0.6) is 0 Å². The number of hydrogen-bond donors (Lipinski definition) is 2. The van der Waals surface area contributed by atoms with E-state index in [1.54, 1.807) is 24.5 Å². The minimum absolute atomic E-state index is 0.0294. The lowest BCUT2D eigenvalue weighted by molar-refractivity contribution is -0.121. The Morgan fingerprint density at radius 1 is 1.11 bits per heavy atom. The second-order valence-corrected chi connectivity index (χ2v) is 8.63. The summed E-state index contributed by atoms with van der Waals surface area (Å²) in [6.07, 6.45) is 3.34. The lowest BCUT2D eigenvalue weighted by atomic mass is 10.2. The number of pyridine rings is 1. The van der Waals surface area contributed by atoms with Crippen molar-refractivity contribution < 1.29 is 18.0 Å². The topological polar surface area (TPSA) is 108 Å². The van der Waals surface area contributed by atoms with E-state index in [0.29, 0.717) is 6.54 Å². The van der Waals surface area contributed by atoms with Crippen molar-refractivity contribution in [1.82, 2.24) is 19.9 Å². The maximum atomic E-state index is 12.3. The summed E-state index contributed by atoms with van der Waals surface area (Å²) in [5, 5.41) is 5.43. The fourth-order valence-electron chi connectivity index (χ4n) is 2.22. The smallest absolute Gasteiger partial charge is 0.252 e. The molecule has 0 radical (unpaired) electrons. The molecule has 2 rings (SSSR count). The fraction of sp³-hybridized carbons (Fsp3) is 0.278. The normalized spacial score (nSPS) is 11.3. The van der Waals surface area contributed by atoms with Gasteiger partial charge in [0.1, 0.15) is 0 Å². The van der Waals surface area contributed by atoms with E-state index in [9.17, 15) is 18.0 Å². The van der Waals surface area contributed by atoms with E-state index in [1.807, 2.05) is 0 Å². The molecule has 2 aromatic rings. The molecule has 1 aromatic carbocycles. The summed E-state index contributed by atoms with van der Waals surface area (Å²) in [6.45, 7) is 0.452. The Bertz CT molecular complexity index is 949. The third-order valence-electron chi connectivity index (χ3n) is 3.84. The van der Waals surface area contributed by atoms with Gasteiger partial charge in [-0.2, -0.15) is 0 Å². The monoisotopic (exact) mass is 424 g/mol. The Balaban J connectivity index is 1.91. The number of hydrogen-bond acceptors (Lipinski definition) is 5. The van der Waals surface area contributed by atoms with Crippen LogP contribution in [0.3, 0.4) is 0 Å². The van der Waals surface area contributed by atoms with Crippen LogP contribution in [-0.4, -0.2) is 50.2 Å². The number of sulfonamides is 1. The van der Waals surface area contributed by atoms with Gasteiger partial charge in [0.2, 0.25) is 15.9 Å².